The summed E-state index contributed by atoms with van der Waals surface area (Å²) in [6, 6.07) is 25.8. The van der Waals surface area contributed by atoms with Gasteiger partial charge in [0.2, 0.25) is 5.91 Å². The zero-order valence-corrected chi connectivity index (χ0v) is 19.3. The highest BCUT2D eigenvalue weighted by Gasteiger charge is 2.16. The zero-order chi connectivity index (χ0) is 24.1. The fourth-order valence-corrected chi connectivity index (χ4v) is 3.69. The van der Waals surface area contributed by atoms with Gasteiger partial charge in [0, 0.05) is 11.3 Å². The van der Waals surface area contributed by atoms with Gasteiger partial charge in [-0.15, -0.1) is 0 Å². The topological polar surface area (TPSA) is 76.7 Å². The van der Waals surface area contributed by atoms with E-state index in [0.717, 1.165) is 22.1 Å². The fraction of sp³-hybridized carbons (Fsp3) is 0.143. The van der Waals surface area contributed by atoms with E-state index in [1.807, 2.05) is 55.5 Å². The molecule has 6 heteroatoms. The maximum atomic E-state index is 12.9. The Hall–Kier alpha value is -4.32. The van der Waals surface area contributed by atoms with Gasteiger partial charge in [0.1, 0.15) is 11.5 Å². The van der Waals surface area contributed by atoms with Crippen LogP contribution in [0.4, 0.5) is 11.4 Å². The second kappa shape index (κ2) is 10.1. The Labute approximate surface area is 198 Å². The van der Waals surface area contributed by atoms with Crippen molar-refractivity contribution in [3.8, 4) is 11.5 Å². The van der Waals surface area contributed by atoms with Crippen LogP contribution in [0.15, 0.2) is 84.9 Å². The molecular weight excluding hydrogens is 428 g/mol. The summed E-state index contributed by atoms with van der Waals surface area (Å²) in [4.78, 5) is 25.5. The lowest BCUT2D eigenvalue weighted by molar-refractivity contribution is -0.117. The van der Waals surface area contributed by atoms with Gasteiger partial charge in [-0.25, -0.2) is 0 Å². The highest BCUT2D eigenvalue weighted by Crippen LogP contribution is 2.27. The van der Waals surface area contributed by atoms with Gasteiger partial charge in [0.25, 0.3) is 5.91 Å². The van der Waals surface area contributed by atoms with Crippen molar-refractivity contribution in [1.29, 1.82) is 0 Å². The number of amides is 2. The molecule has 172 valence electrons. The number of anilines is 2. The third-order valence-corrected chi connectivity index (χ3v) is 5.73. The van der Waals surface area contributed by atoms with Gasteiger partial charge in [-0.05, 0) is 71.8 Å². The predicted octanol–water partition coefficient (Wildman–Crippen LogP) is 5.85. The number of fused-ring (bicyclic) bond motifs is 1. The van der Waals surface area contributed by atoms with E-state index in [9.17, 15) is 9.59 Å². The first-order valence-corrected chi connectivity index (χ1v) is 10.9. The molecule has 6 nitrogen and oxygen atoms in total. The first-order valence-electron chi connectivity index (χ1n) is 10.9. The van der Waals surface area contributed by atoms with Gasteiger partial charge in [-0.3, -0.25) is 9.59 Å². The molecule has 0 aliphatic carbocycles. The molecule has 4 aromatic carbocycles. The second-order valence-corrected chi connectivity index (χ2v) is 7.92. The van der Waals surface area contributed by atoms with E-state index in [1.54, 1.807) is 50.6 Å². The van der Waals surface area contributed by atoms with Crippen LogP contribution in [0.5, 0.6) is 11.5 Å². The van der Waals surface area contributed by atoms with Crippen LogP contribution in [-0.2, 0) is 4.79 Å². The quantitative estimate of drug-likeness (QED) is 0.367. The average molecular weight is 455 g/mol. The molecule has 0 bridgehead atoms. The first-order chi connectivity index (χ1) is 16.5. The predicted molar refractivity (Wildman–Crippen MR) is 135 cm³/mol. The third-order valence-electron chi connectivity index (χ3n) is 5.73. The fourth-order valence-electron chi connectivity index (χ4n) is 3.69. The molecular formula is C28H26N2O4. The van der Waals surface area contributed by atoms with Crippen LogP contribution in [0.25, 0.3) is 10.8 Å². The Morgan fingerprint density at radius 3 is 2.21 bits per heavy atom. The molecule has 2 N–H and O–H groups in total. The molecule has 0 saturated carbocycles. The molecule has 4 rings (SSSR count). The number of rotatable bonds is 7. The van der Waals surface area contributed by atoms with Crippen molar-refractivity contribution < 1.29 is 19.1 Å². The van der Waals surface area contributed by atoms with Crippen LogP contribution >= 0.6 is 0 Å². The number of carbonyl (C=O) groups is 2. The van der Waals surface area contributed by atoms with Crippen LogP contribution in [0.3, 0.4) is 0 Å². The molecule has 0 fully saturated rings. The SMILES string of the molecule is COc1ccc2cc(C(C)C(=O)Nc3ccc(C(=O)Nc4ccccc4OC)cc3)ccc2c1. The number of carbonyl (C=O) groups excluding carboxylic acids is 2. The molecule has 0 heterocycles. The van der Waals surface area contributed by atoms with Gasteiger partial charge in [0.05, 0.1) is 25.8 Å². The monoisotopic (exact) mass is 454 g/mol. The van der Waals surface area contributed by atoms with Crippen molar-refractivity contribution in [3.05, 3.63) is 96.1 Å². The molecule has 0 saturated heterocycles. The van der Waals surface area contributed by atoms with E-state index in [1.165, 1.54) is 0 Å². The minimum atomic E-state index is -0.347. The Bertz CT molecular complexity index is 1330. The Morgan fingerprint density at radius 2 is 1.47 bits per heavy atom. The van der Waals surface area contributed by atoms with E-state index in [-0.39, 0.29) is 17.7 Å². The molecule has 4 aromatic rings. The summed E-state index contributed by atoms with van der Waals surface area (Å²) in [6.07, 6.45) is 0. The summed E-state index contributed by atoms with van der Waals surface area (Å²) in [7, 11) is 3.19. The van der Waals surface area contributed by atoms with Crippen molar-refractivity contribution >= 4 is 34.0 Å². The van der Waals surface area contributed by atoms with E-state index >= 15 is 0 Å². The molecule has 34 heavy (non-hydrogen) atoms. The van der Waals surface area contributed by atoms with Crippen molar-refractivity contribution in [2.24, 2.45) is 0 Å². The lowest BCUT2D eigenvalue weighted by Crippen LogP contribution is -2.19. The lowest BCUT2D eigenvalue weighted by Gasteiger charge is -2.14. The normalized spacial score (nSPS) is 11.5. The van der Waals surface area contributed by atoms with Crippen LogP contribution in [0.1, 0.15) is 28.8 Å². The summed E-state index contributed by atoms with van der Waals surface area (Å²) in [5, 5.41) is 7.87. The highest BCUT2D eigenvalue weighted by molar-refractivity contribution is 6.05. The Balaban J connectivity index is 1.42. The van der Waals surface area contributed by atoms with Crippen LogP contribution in [0, 0.1) is 0 Å². The number of ether oxygens (including phenoxy) is 2. The summed E-state index contributed by atoms with van der Waals surface area (Å²) >= 11 is 0. The standard InChI is InChI=1S/C28H26N2O4/c1-18(20-8-9-22-17-24(33-2)15-12-21(22)16-20)27(31)29-23-13-10-19(11-14-23)28(32)30-25-6-4-5-7-26(25)34-3/h4-18H,1-3H3,(H,29,31)(H,30,32). The van der Waals surface area contributed by atoms with E-state index in [4.69, 9.17) is 9.47 Å². The Morgan fingerprint density at radius 1 is 0.765 bits per heavy atom. The van der Waals surface area contributed by atoms with Gasteiger partial charge < -0.3 is 20.1 Å². The van der Waals surface area contributed by atoms with E-state index in [2.05, 4.69) is 10.6 Å². The van der Waals surface area contributed by atoms with Crippen molar-refractivity contribution in [2.75, 3.05) is 24.9 Å². The second-order valence-electron chi connectivity index (χ2n) is 7.92. The number of hydrogen-bond donors (Lipinski definition) is 2. The van der Waals surface area contributed by atoms with Crippen molar-refractivity contribution in [2.45, 2.75) is 12.8 Å². The molecule has 0 radical (unpaired) electrons. The Kier molecular flexibility index (Phi) is 6.78. The smallest absolute Gasteiger partial charge is 0.255 e. The minimum Gasteiger partial charge on any atom is -0.497 e. The van der Waals surface area contributed by atoms with Crippen LogP contribution < -0.4 is 20.1 Å². The molecule has 1 atom stereocenters. The molecule has 2 amide bonds. The number of para-hydroxylation sites is 2. The van der Waals surface area contributed by atoms with Gasteiger partial charge in [0.15, 0.2) is 0 Å². The number of methoxy groups -OCH3 is 2. The van der Waals surface area contributed by atoms with Crippen LogP contribution in [-0.4, -0.2) is 26.0 Å². The molecule has 1 unspecified atom stereocenters. The van der Waals surface area contributed by atoms with Gasteiger partial charge in [-0.2, -0.15) is 0 Å². The summed E-state index contributed by atoms with van der Waals surface area (Å²) < 4.78 is 10.5. The molecule has 0 aromatic heterocycles. The van der Waals surface area contributed by atoms with E-state index in [0.29, 0.717) is 22.7 Å². The number of hydrogen-bond acceptors (Lipinski definition) is 4. The van der Waals surface area contributed by atoms with E-state index < -0.39 is 0 Å². The largest absolute Gasteiger partial charge is 0.497 e. The number of benzene rings is 4. The highest BCUT2D eigenvalue weighted by atomic mass is 16.5. The molecule has 0 spiro atoms. The summed E-state index contributed by atoms with van der Waals surface area (Å²) in [5.41, 5.74) is 2.61. The van der Waals surface area contributed by atoms with Crippen molar-refractivity contribution in [3.63, 3.8) is 0 Å². The maximum Gasteiger partial charge on any atom is 0.255 e. The zero-order valence-electron chi connectivity index (χ0n) is 19.3. The van der Waals surface area contributed by atoms with Crippen molar-refractivity contribution in [1.82, 2.24) is 0 Å². The van der Waals surface area contributed by atoms with Gasteiger partial charge in [-0.1, -0.05) is 36.4 Å². The summed E-state index contributed by atoms with van der Waals surface area (Å²) in [6.45, 7) is 1.87. The summed E-state index contributed by atoms with van der Waals surface area (Å²) in [5.74, 6) is 0.648. The average Bonchev–Trinajstić information content (AvgIpc) is 2.88. The number of nitrogens with one attached hydrogen (secondary N) is 2. The first kappa shape index (κ1) is 22.9. The molecule has 0 aliphatic heterocycles. The third kappa shape index (κ3) is 5.02. The van der Waals surface area contributed by atoms with Crippen LogP contribution in [0.2, 0.25) is 0 Å². The minimum absolute atomic E-state index is 0.126. The lowest BCUT2D eigenvalue weighted by atomic mass is 9.97. The van der Waals surface area contributed by atoms with Gasteiger partial charge >= 0.3 is 0 Å². The molecule has 0 aliphatic rings. The maximum absolute atomic E-state index is 12.9.